The van der Waals surface area contributed by atoms with Crippen LogP contribution in [-0.4, -0.2) is 78.6 Å². The van der Waals surface area contributed by atoms with Crippen LogP contribution in [0.2, 0.25) is 0 Å². The van der Waals surface area contributed by atoms with Gasteiger partial charge < -0.3 is 20.6 Å². The minimum atomic E-state index is -0.826. The normalized spacial score (nSPS) is 17.9. The number of nitrogens with zero attached hydrogens (tertiary/aromatic N) is 2. The highest BCUT2D eigenvalue weighted by atomic mass is 35.5. The molecule has 2 aliphatic heterocycles. The number of carbonyl (C=O) groups is 2. The molecule has 1 amide bonds. The van der Waals surface area contributed by atoms with Crippen molar-refractivity contribution in [1.82, 2.24) is 15.1 Å². The summed E-state index contributed by atoms with van der Waals surface area (Å²) in [5.41, 5.74) is 1.52. The van der Waals surface area contributed by atoms with Crippen LogP contribution in [0.25, 0.3) is 0 Å². The van der Waals surface area contributed by atoms with Crippen LogP contribution in [0.3, 0.4) is 0 Å². The molecule has 0 radical (unpaired) electrons. The zero-order chi connectivity index (χ0) is 18.4. The van der Waals surface area contributed by atoms with E-state index in [9.17, 15) is 9.59 Å². The molecule has 0 atom stereocenters. The standard InChI is InChI=1S/C19H28N4O3.2ClH/c24-18(25)7-10-21-16-3-1-15(2-4-16)19(26)23-13-11-22(12-14-23)17-5-8-20-9-6-17;;/h1-4,17,20-21H,5-14H2,(H,24,25);2*1H. The van der Waals surface area contributed by atoms with Crippen LogP contribution in [0.4, 0.5) is 5.69 Å². The molecule has 0 unspecified atom stereocenters. The van der Waals surface area contributed by atoms with E-state index >= 15 is 0 Å². The van der Waals surface area contributed by atoms with Crippen molar-refractivity contribution in [2.45, 2.75) is 25.3 Å². The number of nitrogens with one attached hydrogen (secondary N) is 2. The van der Waals surface area contributed by atoms with Gasteiger partial charge in [0.1, 0.15) is 0 Å². The Morgan fingerprint density at radius 3 is 2.21 bits per heavy atom. The largest absolute Gasteiger partial charge is 0.481 e. The Hall–Kier alpha value is -1.54. The minimum Gasteiger partial charge on any atom is -0.481 e. The van der Waals surface area contributed by atoms with Crippen molar-refractivity contribution in [1.29, 1.82) is 0 Å². The summed E-state index contributed by atoms with van der Waals surface area (Å²) in [5, 5.41) is 15.1. The number of carboxylic acids is 1. The zero-order valence-electron chi connectivity index (χ0n) is 15.9. The van der Waals surface area contributed by atoms with Crippen LogP contribution in [-0.2, 0) is 4.79 Å². The second kappa shape index (κ2) is 12.1. The van der Waals surface area contributed by atoms with Crippen LogP contribution in [0.15, 0.2) is 24.3 Å². The van der Waals surface area contributed by atoms with Gasteiger partial charge in [0.25, 0.3) is 5.91 Å². The van der Waals surface area contributed by atoms with Crippen LogP contribution in [0.5, 0.6) is 0 Å². The van der Waals surface area contributed by atoms with Crippen molar-refractivity contribution in [3.05, 3.63) is 29.8 Å². The molecule has 0 saturated carbocycles. The van der Waals surface area contributed by atoms with Crippen molar-refractivity contribution in [2.24, 2.45) is 0 Å². The third-order valence-corrected chi connectivity index (χ3v) is 5.23. The van der Waals surface area contributed by atoms with E-state index in [1.54, 1.807) is 0 Å². The molecule has 1 aromatic carbocycles. The number of piperazine rings is 1. The Kier molecular flexibility index (Phi) is 10.6. The van der Waals surface area contributed by atoms with Gasteiger partial charge in [0, 0.05) is 50.0 Å². The highest BCUT2D eigenvalue weighted by Gasteiger charge is 2.27. The van der Waals surface area contributed by atoms with Crippen LogP contribution < -0.4 is 10.6 Å². The average Bonchev–Trinajstić information content (AvgIpc) is 2.68. The lowest BCUT2D eigenvalue weighted by atomic mass is 10.0. The first-order valence-electron chi connectivity index (χ1n) is 9.43. The van der Waals surface area contributed by atoms with E-state index in [1.165, 1.54) is 12.8 Å². The second-order valence-corrected chi connectivity index (χ2v) is 6.96. The van der Waals surface area contributed by atoms with Gasteiger partial charge in [0.15, 0.2) is 0 Å². The van der Waals surface area contributed by atoms with E-state index in [0.717, 1.165) is 45.0 Å². The van der Waals surface area contributed by atoms with Gasteiger partial charge in [0.05, 0.1) is 6.42 Å². The fraction of sp³-hybridized carbons (Fsp3) is 0.579. The van der Waals surface area contributed by atoms with Gasteiger partial charge in [-0.3, -0.25) is 14.5 Å². The molecule has 0 bridgehead atoms. The van der Waals surface area contributed by atoms with E-state index in [-0.39, 0.29) is 37.1 Å². The van der Waals surface area contributed by atoms with Gasteiger partial charge in [-0.15, -0.1) is 24.8 Å². The molecule has 0 aromatic heterocycles. The summed E-state index contributed by atoms with van der Waals surface area (Å²) < 4.78 is 0. The Morgan fingerprint density at radius 2 is 1.64 bits per heavy atom. The maximum absolute atomic E-state index is 12.7. The third-order valence-electron chi connectivity index (χ3n) is 5.23. The molecule has 0 aliphatic carbocycles. The molecule has 3 N–H and O–H groups in total. The monoisotopic (exact) mass is 432 g/mol. The molecule has 2 aliphatic rings. The Bertz CT molecular complexity index is 616. The average molecular weight is 433 g/mol. The van der Waals surface area contributed by atoms with Crippen molar-refractivity contribution < 1.29 is 14.7 Å². The number of carboxylic acid groups (broad SMARTS) is 1. The Morgan fingerprint density at radius 1 is 1.04 bits per heavy atom. The molecule has 9 heteroatoms. The first-order valence-corrected chi connectivity index (χ1v) is 9.43. The van der Waals surface area contributed by atoms with E-state index in [2.05, 4.69) is 15.5 Å². The quantitative estimate of drug-likeness (QED) is 0.636. The Balaban J connectivity index is 0.00000196. The molecular formula is C19H30Cl2N4O3. The molecule has 2 heterocycles. The van der Waals surface area contributed by atoms with E-state index in [0.29, 0.717) is 18.2 Å². The van der Waals surface area contributed by atoms with Crippen LogP contribution >= 0.6 is 24.8 Å². The minimum absolute atomic E-state index is 0. The number of hydrogen-bond donors (Lipinski definition) is 3. The Labute approximate surface area is 178 Å². The topological polar surface area (TPSA) is 84.9 Å². The zero-order valence-corrected chi connectivity index (χ0v) is 17.6. The number of piperidine rings is 1. The summed E-state index contributed by atoms with van der Waals surface area (Å²) in [6, 6.07) is 7.94. The molecule has 28 heavy (non-hydrogen) atoms. The highest BCUT2D eigenvalue weighted by Crippen LogP contribution is 2.17. The molecule has 1 aromatic rings. The van der Waals surface area contributed by atoms with Gasteiger partial charge in [-0.2, -0.15) is 0 Å². The SMILES string of the molecule is Cl.Cl.O=C(O)CCNc1ccc(C(=O)N2CCN(C3CCNCC3)CC2)cc1. The molecule has 7 nitrogen and oxygen atoms in total. The van der Waals surface area contributed by atoms with Crippen molar-refractivity contribution in [3.63, 3.8) is 0 Å². The number of halogens is 2. The second-order valence-electron chi connectivity index (χ2n) is 6.96. The summed E-state index contributed by atoms with van der Waals surface area (Å²) in [6.45, 7) is 6.02. The lowest BCUT2D eigenvalue weighted by Crippen LogP contribution is -2.53. The summed E-state index contributed by atoms with van der Waals surface area (Å²) in [6.07, 6.45) is 2.47. The summed E-state index contributed by atoms with van der Waals surface area (Å²) in [5.74, 6) is -0.750. The summed E-state index contributed by atoms with van der Waals surface area (Å²) >= 11 is 0. The maximum Gasteiger partial charge on any atom is 0.305 e. The molecule has 0 spiro atoms. The predicted octanol–water partition coefficient (Wildman–Crippen LogP) is 1.93. The van der Waals surface area contributed by atoms with Gasteiger partial charge >= 0.3 is 5.97 Å². The number of carbonyl (C=O) groups excluding carboxylic acids is 1. The first kappa shape index (κ1) is 24.5. The molecule has 2 fully saturated rings. The lowest BCUT2D eigenvalue weighted by Gasteiger charge is -2.40. The van der Waals surface area contributed by atoms with Crippen molar-refractivity contribution in [3.8, 4) is 0 Å². The molecule has 2 saturated heterocycles. The summed E-state index contributed by atoms with van der Waals surface area (Å²) in [4.78, 5) is 27.7. The van der Waals surface area contributed by atoms with Gasteiger partial charge in [0.2, 0.25) is 0 Å². The van der Waals surface area contributed by atoms with Crippen molar-refractivity contribution in [2.75, 3.05) is 51.1 Å². The van der Waals surface area contributed by atoms with E-state index in [4.69, 9.17) is 5.11 Å². The number of hydrogen-bond acceptors (Lipinski definition) is 5. The maximum atomic E-state index is 12.7. The van der Waals surface area contributed by atoms with E-state index < -0.39 is 5.97 Å². The number of benzene rings is 1. The number of rotatable bonds is 6. The van der Waals surface area contributed by atoms with Crippen LogP contribution in [0.1, 0.15) is 29.6 Å². The molecular weight excluding hydrogens is 403 g/mol. The van der Waals surface area contributed by atoms with Gasteiger partial charge in [-0.05, 0) is 50.2 Å². The molecule has 3 rings (SSSR count). The number of aliphatic carboxylic acids is 1. The number of amides is 1. The fourth-order valence-electron chi connectivity index (χ4n) is 3.69. The predicted molar refractivity (Wildman–Crippen MR) is 115 cm³/mol. The van der Waals surface area contributed by atoms with E-state index in [1.807, 2.05) is 29.2 Å². The summed E-state index contributed by atoms with van der Waals surface area (Å²) in [7, 11) is 0. The van der Waals surface area contributed by atoms with Crippen molar-refractivity contribution >= 4 is 42.4 Å². The highest BCUT2D eigenvalue weighted by molar-refractivity contribution is 5.94. The van der Waals surface area contributed by atoms with Gasteiger partial charge in [-0.1, -0.05) is 0 Å². The van der Waals surface area contributed by atoms with Gasteiger partial charge in [-0.25, -0.2) is 0 Å². The smallest absolute Gasteiger partial charge is 0.305 e. The third kappa shape index (κ3) is 6.81. The first-order chi connectivity index (χ1) is 12.6. The lowest BCUT2D eigenvalue weighted by molar-refractivity contribution is -0.136. The molecule has 158 valence electrons. The van der Waals surface area contributed by atoms with Crippen LogP contribution in [0, 0.1) is 0 Å². The fourth-order valence-corrected chi connectivity index (χ4v) is 3.69. The number of anilines is 1.